The van der Waals surface area contributed by atoms with Crippen molar-refractivity contribution in [1.29, 1.82) is 5.26 Å². The van der Waals surface area contributed by atoms with E-state index < -0.39 is 23.7 Å². The van der Waals surface area contributed by atoms with E-state index in [2.05, 4.69) is 10.3 Å². The molecule has 0 saturated carbocycles. The van der Waals surface area contributed by atoms with Gasteiger partial charge in [0.05, 0.1) is 30.1 Å². The zero-order valence-corrected chi connectivity index (χ0v) is 21.0. The molecule has 0 radical (unpaired) electrons. The van der Waals surface area contributed by atoms with Gasteiger partial charge in [-0.1, -0.05) is 23.7 Å². The van der Waals surface area contributed by atoms with Gasteiger partial charge < -0.3 is 15.2 Å². The summed E-state index contributed by atoms with van der Waals surface area (Å²) in [6, 6.07) is 10.3. The van der Waals surface area contributed by atoms with Crippen molar-refractivity contribution in [3.63, 3.8) is 0 Å². The van der Waals surface area contributed by atoms with Gasteiger partial charge in [0, 0.05) is 39.4 Å². The lowest BCUT2D eigenvalue weighted by atomic mass is 9.99. The lowest BCUT2D eigenvalue weighted by molar-refractivity contribution is -0.141. The normalized spacial score (nSPS) is 11.1. The van der Waals surface area contributed by atoms with Crippen LogP contribution in [0.4, 0.5) is 13.2 Å². The van der Waals surface area contributed by atoms with E-state index in [0.717, 1.165) is 29.1 Å². The van der Waals surface area contributed by atoms with E-state index >= 15 is 0 Å². The number of alkyl halides is 3. The third kappa shape index (κ3) is 6.53. The molecule has 0 saturated heterocycles. The molecular formula is C25H19ClF3N3O4S. The molecule has 3 aromatic rings. The third-order valence-corrected chi connectivity index (χ3v) is 6.64. The van der Waals surface area contributed by atoms with Gasteiger partial charge in [-0.2, -0.15) is 18.4 Å². The van der Waals surface area contributed by atoms with Gasteiger partial charge in [0.25, 0.3) is 5.91 Å². The van der Waals surface area contributed by atoms with E-state index in [1.54, 1.807) is 18.2 Å². The van der Waals surface area contributed by atoms with E-state index in [4.69, 9.17) is 21.4 Å². The number of aryl methyl sites for hydroxylation is 1. The lowest BCUT2D eigenvalue weighted by Crippen LogP contribution is -2.24. The molecule has 0 unspecified atom stereocenters. The molecule has 1 aromatic heterocycles. The van der Waals surface area contributed by atoms with Gasteiger partial charge in [-0.05, 0) is 36.8 Å². The molecule has 2 N–H and O–H groups in total. The number of ether oxygens (including phenoxy) is 1. The number of nitrogens with one attached hydrogen (secondary N) is 1. The zero-order chi connectivity index (χ0) is 27.3. The average Bonchev–Trinajstić information content (AvgIpc) is 2.85. The maximum absolute atomic E-state index is 13.2. The minimum absolute atomic E-state index is 0.00284. The number of carboxylic acids is 1. The van der Waals surface area contributed by atoms with E-state index in [9.17, 15) is 28.0 Å². The minimum Gasteiger partial charge on any atom is -0.496 e. The molecule has 7 nitrogen and oxygen atoms in total. The molecular weight excluding hydrogens is 531 g/mol. The van der Waals surface area contributed by atoms with Crippen LogP contribution in [0.3, 0.4) is 0 Å². The number of rotatable bonds is 8. The highest BCUT2D eigenvalue weighted by Gasteiger charge is 2.33. The number of carbonyl (C=O) groups excluding carboxylic acids is 1. The van der Waals surface area contributed by atoms with Crippen molar-refractivity contribution in [3.05, 3.63) is 75.6 Å². The van der Waals surface area contributed by atoms with Crippen LogP contribution in [-0.2, 0) is 17.5 Å². The summed E-state index contributed by atoms with van der Waals surface area (Å²) in [5.74, 6) is -1.52. The fraction of sp³-hybridized carbons (Fsp3) is 0.200. The van der Waals surface area contributed by atoms with Crippen molar-refractivity contribution < 1.29 is 32.6 Å². The first-order chi connectivity index (χ1) is 17.5. The number of halogens is 4. The number of aliphatic carboxylic acids is 1. The number of nitrogens with zero attached hydrogens (tertiary/aromatic N) is 2. The number of methoxy groups -OCH3 is 1. The van der Waals surface area contributed by atoms with Crippen LogP contribution in [0.2, 0.25) is 5.02 Å². The number of nitriles is 1. The molecule has 1 amide bonds. The van der Waals surface area contributed by atoms with Crippen molar-refractivity contribution in [1.82, 2.24) is 10.3 Å². The largest absolute Gasteiger partial charge is 0.496 e. The molecule has 37 heavy (non-hydrogen) atoms. The molecule has 0 aliphatic rings. The predicted octanol–water partition coefficient (Wildman–Crippen LogP) is 5.72. The second-order valence-corrected chi connectivity index (χ2v) is 9.10. The Balaban J connectivity index is 2.06. The Morgan fingerprint density at radius 1 is 1.24 bits per heavy atom. The number of benzene rings is 2. The number of hydrogen-bond donors (Lipinski definition) is 2. The Kier molecular flexibility index (Phi) is 8.68. The van der Waals surface area contributed by atoms with E-state index in [-0.39, 0.29) is 44.5 Å². The topological polar surface area (TPSA) is 112 Å². The summed E-state index contributed by atoms with van der Waals surface area (Å²) in [6.07, 6.45) is -3.89. The standard InChI is InChI=1S/C25H19ClF3N3O4S/c1-13-4-3-5-20(36-2)17(13)10-32-24(35)16-7-15(19(26)8-21(16)37-12-23(33)34)18-11-31-22(25(27,28)29)6-14(18)9-30/h3-8,11H,10,12H2,1-2H3,(H,32,35)(H,33,34). The Hall–Kier alpha value is -3.75. The monoisotopic (exact) mass is 549 g/mol. The Morgan fingerprint density at radius 2 is 1.97 bits per heavy atom. The van der Waals surface area contributed by atoms with E-state index in [1.165, 1.54) is 19.2 Å². The fourth-order valence-electron chi connectivity index (χ4n) is 3.47. The van der Waals surface area contributed by atoms with Gasteiger partial charge in [-0.15, -0.1) is 11.8 Å². The maximum Gasteiger partial charge on any atom is 0.433 e. The summed E-state index contributed by atoms with van der Waals surface area (Å²) in [4.78, 5) is 28.0. The van der Waals surface area contributed by atoms with Crippen LogP contribution in [-0.4, -0.2) is 34.8 Å². The number of carbonyl (C=O) groups is 2. The van der Waals surface area contributed by atoms with Gasteiger partial charge in [0.2, 0.25) is 0 Å². The van der Waals surface area contributed by atoms with Gasteiger partial charge in [0.1, 0.15) is 11.4 Å². The van der Waals surface area contributed by atoms with Crippen LogP contribution in [0.15, 0.2) is 47.5 Å². The number of carboxylic acid groups (broad SMARTS) is 1. The minimum atomic E-state index is -4.76. The van der Waals surface area contributed by atoms with Crippen molar-refractivity contribution in [3.8, 4) is 22.9 Å². The third-order valence-electron chi connectivity index (χ3n) is 5.28. The maximum atomic E-state index is 13.2. The molecule has 3 rings (SSSR count). The fourth-order valence-corrected chi connectivity index (χ4v) is 4.59. The molecule has 1 heterocycles. The zero-order valence-electron chi connectivity index (χ0n) is 19.4. The highest BCUT2D eigenvalue weighted by Crippen LogP contribution is 2.38. The molecule has 0 fully saturated rings. The van der Waals surface area contributed by atoms with Crippen LogP contribution in [0.5, 0.6) is 5.75 Å². The summed E-state index contributed by atoms with van der Waals surface area (Å²) in [5.41, 5.74) is 0.121. The van der Waals surface area contributed by atoms with Gasteiger partial charge >= 0.3 is 12.1 Å². The first-order valence-electron chi connectivity index (χ1n) is 10.5. The molecule has 12 heteroatoms. The molecule has 2 aromatic carbocycles. The van der Waals surface area contributed by atoms with Crippen molar-refractivity contribution in [2.45, 2.75) is 24.5 Å². The number of thioether (sulfide) groups is 1. The molecule has 0 atom stereocenters. The van der Waals surface area contributed by atoms with Crippen LogP contribution < -0.4 is 10.1 Å². The molecule has 0 aliphatic carbocycles. The average molecular weight is 550 g/mol. The van der Waals surface area contributed by atoms with Crippen molar-refractivity contribution >= 4 is 35.2 Å². The number of amides is 1. The summed E-state index contributed by atoms with van der Waals surface area (Å²) in [6.45, 7) is 1.93. The Morgan fingerprint density at radius 3 is 2.59 bits per heavy atom. The van der Waals surface area contributed by atoms with Crippen molar-refractivity contribution in [2.75, 3.05) is 12.9 Å². The second-order valence-electron chi connectivity index (χ2n) is 7.67. The van der Waals surface area contributed by atoms with Crippen LogP contribution in [0.1, 0.15) is 32.7 Å². The molecule has 192 valence electrons. The van der Waals surface area contributed by atoms with E-state index in [1.807, 2.05) is 13.0 Å². The number of pyridine rings is 1. The summed E-state index contributed by atoms with van der Waals surface area (Å²) in [5, 5.41) is 21.3. The summed E-state index contributed by atoms with van der Waals surface area (Å²) < 4.78 is 44.6. The van der Waals surface area contributed by atoms with Gasteiger partial charge in [0.15, 0.2) is 0 Å². The number of aromatic nitrogens is 1. The summed E-state index contributed by atoms with van der Waals surface area (Å²) in [7, 11) is 1.50. The van der Waals surface area contributed by atoms with Gasteiger partial charge in [-0.25, -0.2) is 0 Å². The highest BCUT2D eigenvalue weighted by molar-refractivity contribution is 8.00. The molecule has 0 spiro atoms. The Labute approximate surface area is 219 Å². The van der Waals surface area contributed by atoms with Crippen molar-refractivity contribution in [2.24, 2.45) is 0 Å². The smallest absolute Gasteiger partial charge is 0.433 e. The lowest BCUT2D eigenvalue weighted by Gasteiger charge is -2.16. The van der Waals surface area contributed by atoms with Crippen LogP contribution in [0.25, 0.3) is 11.1 Å². The predicted molar refractivity (Wildman–Crippen MR) is 132 cm³/mol. The highest BCUT2D eigenvalue weighted by atomic mass is 35.5. The first kappa shape index (κ1) is 27.8. The molecule has 0 bridgehead atoms. The second kappa shape index (κ2) is 11.5. The summed E-state index contributed by atoms with van der Waals surface area (Å²) >= 11 is 7.23. The SMILES string of the molecule is COc1cccc(C)c1CNC(=O)c1cc(-c2cnc(C(F)(F)F)cc2C#N)c(Cl)cc1SCC(=O)O. The van der Waals surface area contributed by atoms with Gasteiger partial charge in [-0.3, -0.25) is 14.6 Å². The van der Waals surface area contributed by atoms with E-state index in [0.29, 0.717) is 11.8 Å². The molecule has 0 aliphatic heterocycles. The van der Waals surface area contributed by atoms with Crippen LogP contribution in [0, 0.1) is 18.3 Å². The Bertz CT molecular complexity index is 1410. The first-order valence-corrected chi connectivity index (χ1v) is 11.9. The van der Waals surface area contributed by atoms with Crippen LogP contribution >= 0.6 is 23.4 Å². The quantitative estimate of drug-likeness (QED) is 0.346. The number of hydrogen-bond acceptors (Lipinski definition) is 6.